The normalized spacial score (nSPS) is 11.0. The van der Waals surface area contributed by atoms with Crippen LogP contribution in [0.2, 0.25) is 0 Å². The average molecular weight is 309 g/mol. The van der Waals surface area contributed by atoms with E-state index in [0.717, 1.165) is 0 Å². The monoisotopic (exact) mass is 309 g/mol. The summed E-state index contributed by atoms with van der Waals surface area (Å²) >= 11 is 0. The van der Waals surface area contributed by atoms with E-state index < -0.39 is 17.7 Å². The number of ether oxygens (including phenoxy) is 3. The average Bonchev–Trinajstić information content (AvgIpc) is 2.37. The summed E-state index contributed by atoms with van der Waals surface area (Å²) in [6, 6.07) is 4.65. The van der Waals surface area contributed by atoms with Crippen LogP contribution in [0.25, 0.3) is 0 Å². The van der Waals surface area contributed by atoms with E-state index in [1.54, 1.807) is 32.9 Å². The molecule has 0 atom stereocenters. The molecule has 0 aromatic heterocycles. The Labute approximate surface area is 130 Å². The third-order valence-corrected chi connectivity index (χ3v) is 2.40. The third kappa shape index (κ3) is 5.63. The van der Waals surface area contributed by atoms with Crippen molar-refractivity contribution >= 4 is 17.7 Å². The molecule has 0 radical (unpaired) electrons. The van der Waals surface area contributed by atoms with Gasteiger partial charge < -0.3 is 14.2 Å². The SMILES string of the molecule is COC(=O)c1ccc(NC(=O)OC(C)(C)C)c(OC(C)C)c1. The predicted octanol–water partition coefficient (Wildman–Crippen LogP) is 3.61. The topological polar surface area (TPSA) is 73.9 Å². The molecule has 6 heteroatoms. The van der Waals surface area contributed by atoms with Gasteiger partial charge in [-0.15, -0.1) is 0 Å². The molecule has 1 amide bonds. The summed E-state index contributed by atoms with van der Waals surface area (Å²) in [5.74, 6) is -0.0961. The van der Waals surface area contributed by atoms with E-state index in [1.165, 1.54) is 13.2 Å². The fraction of sp³-hybridized carbons (Fsp3) is 0.500. The van der Waals surface area contributed by atoms with Gasteiger partial charge in [-0.2, -0.15) is 0 Å². The second-order valence-corrected chi connectivity index (χ2v) is 6.00. The van der Waals surface area contributed by atoms with E-state index in [4.69, 9.17) is 9.47 Å². The summed E-state index contributed by atoms with van der Waals surface area (Å²) in [5, 5.41) is 2.62. The molecule has 0 saturated carbocycles. The Balaban J connectivity index is 3.02. The Kier molecular flexibility index (Phi) is 5.79. The number of hydrogen-bond acceptors (Lipinski definition) is 5. The first-order valence-corrected chi connectivity index (χ1v) is 7.01. The molecule has 0 saturated heterocycles. The number of methoxy groups -OCH3 is 1. The molecule has 1 rings (SSSR count). The van der Waals surface area contributed by atoms with Crippen LogP contribution in [0.1, 0.15) is 45.0 Å². The molecule has 1 aromatic rings. The maximum Gasteiger partial charge on any atom is 0.412 e. The van der Waals surface area contributed by atoms with Crippen molar-refractivity contribution in [2.24, 2.45) is 0 Å². The second-order valence-electron chi connectivity index (χ2n) is 6.00. The summed E-state index contributed by atoms with van der Waals surface area (Å²) in [7, 11) is 1.30. The van der Waals surface area contributed by atoms with Gasteiger partial charge in [-0.25, -0.2) is 9.59 Å². The van der Waals surface area contributed by atoms with E-state index in [0.29, 0.717) is 17.0 Å². The summed E-state index contributed by atoms with van der Waals surface area (Å²) in [4.78, 5) is 23.4. The van der Waals surface area contributed by atoms with Crippen LogP contribution < -0.4 is 10.1 Å². The summed E-state index contributed by atoms with van der Waals surface area (Å²) in [6.07, 6.45) is -0.709. The molecule has 0 aliphatic heterocycles. The molecule has 22 heavy (non-hydrogen) atoms. The Bertz CT molecular complexity index is 546. The maximum atomic E-state index is 11.9. The van der Waals surface area contributed by atoms with Gasteiger partial charge in [0.1, 0.15) is 11.4 Å². The van der Waals surface area contributed by atoms with Crippen molar-refractivity contribution in [2.45, 2.75) is 46.3 Å². The van der Waals surface area contributed by atoms with Crippen LogP contribution in [0.3, 0.4) is 0 Å². The summed E-state index contributed by atoms with van der Waals surface area (Å²) in [5.41, 5.74) is 0.165. The lowest BCUT2D eigenvalue weighted by molar-refractivity contribution is 0.0598. The maximum absolute atomic E-state index is 11.9. The fourth-order valence-corrected chi connectivity index (χ4v) is 1.64. The van der Waals surface area contributed by atoms with Crippen molar-refractivity contribution < 1.29 is 23.8 Å². The highest BCUT2D eigenvalue weighted by molar-refractivity contribution is 5.93. The van der Waals surface area contributed by atoms with Gasteiger partial charge in [0.05, 0.1) is 24.5 Å². The minimum absolute atomic E-state index is 0.118. The summed E-state index contributed by atoms with van der Waals surface area (Å²) in [6.45, 7) is 9.03. The first-order chi connectivity index (χ1) is 10.1. The van der Waals surface area contributed by atoms with E-state index in [-0.39, 0.29) is 6.10 Å². The van der Waals surface area contributed by atoms with Crippen molar-refractivity contribution in [1.82, 2.24) is 0 Å². The number of carbonyl (C=O) groups is 2. The van der Waals surface area contributed by atoms with Gasteiger partial charge in [-0.1, -0.05) is 0 Å². The highest BCUT2D eigenvalue weighted by Crippen LogP contribution is 2.28. The predicted molar refractivity (Wildman–Crippen MR) is 83.4 cm³/mol. The minimum Gasteiger partial charge on any atom is -0.489 e. The van der Waals surface area contributed by atoms with E-state index in [2.05, 4.69) is 10.1 Å². The molecule has 0 bridgehead atoms. The quantitative estimate of drug-likeness (QED) is 0.860. The van der Waals surface area contributed by atoms with Crippen LogP contribution in [-0.2, 0) is 9.47 Å². The molecule has 0 fully saturated rings. The van der Waals surface area contributed by atoms with Gasteiger partial charge >= 0.3 is 12.1 Å². The molecule has 0 unspecified atom stereocenters. The zero-order chi connectivity index (χ0) is 16.9. The van der Waals surface area contributed by atoms with Crippen LogP contribution in [-0.4, -0.2) is 30.9 Å². The zero-order valence-corrected chi connectivity index (χ0v) is 13.9. The Morgan fingerprint density at radius 2 is 1.82 bits per heavy atom. The van der Waals surface area contributed by atoms with E-state index in [1.807, 2.05) is 13.8 Å². The van der Waals surface area contributed by atoms with Gasteiger partial charge in [-0.05, 0) is 52.8 Å². The Morgan fingerprint density at radius 1 is 1.18 bits per heavy atom. The van der Waals surface area contributed by atoms with E-state index in [9.17, 15) is 9.59 Å². The van der Waals surface area contributed by atoms with Gasteiger partial charge in [-0.3, -0.25) is 5.32 Å². The number of esters is 1. The van der Waals surface area contributed by atoms with Crippen molar-refractivity contribution in [3.05, 3.63) is 23.8 Å². The van der Waals surface area contributed by atoms with Crippen molar-refractivity contribution in [3.63, 3.8) is 0 Å². The molecule has 0 heterocycles. The molecular weight excluding hydrogens is 286 g/mol. The lowest BCUT2D eigenvalue weighted by atomic mass is 10.2. The number of benzene rings is 1. The number of nitrogens with one attached hydrogen (secondary N) is 1. The molecule has 0 aliphatic rings. The largest absolute Gasteiger partial charge is 0.489 e. The lowest BCUT2D eigenvalue weighted by Crippen LogP contribution is -2.27. The first-order valence-electron chi connectivity index (χ1n) is 7.01. The molecule has 1 aromatic carbocycles. The van der Waals surface area contributed by atoms with Crippen molar-refractivity contribution in [2.75, 3.05) is 12.4 Å². The molecule has 0 aliphatic carbocycles. The fourth-order valence-electron chi connectivity index (χ4n) is 1.64. The standard InChI is InChI=1S/C16H23NO5/c1-10(2)21-13-9-11(14(18)20-6)7-8-12(13)17-15(19)22-16(3,4)5/h7-10H,1-6H3,(H,17,19). The highest BCUT2D eigenvalue weighted by Gasteiger charge is 2.19. The van der Waals surface area contributed by atoms with Gasteiger partial charge in [0, 0.05) is 0 Å². The number of amides is 1. The number of anilines is 1. The zero-order valence-electron chi connectivity index (χ0n) is 13.9. The molecule has 1 N–H and O–H groups in total. The van der Waals surface area contributed by atoms with Gasteiger partial charge in [0.25, 0.3) is 0 Å². The van der Waals surface area contributed by atoms with Crippen LogP contribution in [0.4, 0.5) is 10.5 Å². The highest BCUT2D eigenvalue weighted by atomic mass is 16.6. The second kappa shape index (κ2) is 7.15. The van der Waals surface area contributed by atoms with Crippen LogP contribution in [0.5, 0.6) is 5.75 Å². The van der Waals surface area contributed by atoms with Gasteiger partial charge in [0.15, 0.2) is 0 Å². The molecule has 0 spiro atoms. The van der Waals surface area contributed by atoms with Crippen LogP contribution in [0, 0.1) is 0 Å². The lowest BCUT2D eigenvalue weighted by Gasteiger charge is -2.21. The number of carbonyl (C=O) groups excluding carboxylic acids is 2. The third-order valence-electron chi connectivity index (χ3n) is 2.40. The smallest absolute Gasteiger partial charge is 0.412 e. The number of rotatable bonds is 4. The van der Waals surface area contributed by atoms with Crippen molar-refractivity contribution in [3.8, 4) is 5.75 Å². The van der Waals surface area contributed by atoms with Crippen molar-refractivity contribution in [1.29, 1.82) is 0 Å². The summed E-state index contributed by atoms with van der Waals surface area (Å²) < 4.78 is 15.5. The van der Waals surface area contributed by atoms with Crippen LogP contribution in [0.15, 0.2) is 18.2 Å². The number of hydrogen-bond donors (Lipinski definition) is 1. The molecular formula is C16H23NO5. The Hall–Kier alpha value is -2.24. The van der Waals surface area contributed by atoms with Gasteiger partial charge in [0.2, 0.25) is 0 Å². The minimum atomic E-state index is -0.602. The first kappa shape index (κ1) is 17.8. The molecule has 122 valence electrons. The Morgan fingerprint density at radius 3 is 2.32 bits per heavy atom. The van der Waals surface area contributed by atoms with E-state index >= 15 is 0 Å². The molecule has 6 nitrogen and oxygen atoms in total. The van der Waals surface area contributed by atoms with Crippen LogP contribution >= 0.6 is 0 Å².